The average molecular weight is 252 g/mol. The standard InChI is InChI=1S/C13H20N2O3/c1-9(16)13(2,3)15-12(17)8-18-11-6-4-5-10(14)7-11/h4-7,9,16H,8,14H2,1-3H3,(H,15,17). The Morgan fingerprint density at radius 1 is 1.56 bits per heavy atom. The predicted octanol–water partition coefficient (Wildman–Crippen LogP) is 0.923. The first-order chi connectivity index (χ1) is 8.31. The third-order valence-electron chi connectivity index (χ3n) is 2.73. The first kappa shape index (κ1) is 14.3. The fraction of sp³-hybridized carbons (Fsp3) is 0.462. The summed E-state index contributed by atoms with van der Waals surface area (Å²) in [5.74, 6) is 0.253. The van der Waals surface area contributed by atoms with E-state index < -0.39 is 11.6 Å². The zero-order valence-corrected chi connectivity index (χ0v) is 10.9. The lowest BCUT2D eigenvalue weighted by Crippen LogP contribution is -2.52. The summed E-state index contributed by atoms with van der Waals surface area (Å²) in [6.45, 7) is 5.00. The molecular formula is C13H20N2O3. The molecule has 0 saturated carbocycles. The normalized spacial score (nSPS) is 12.9. The quantitative estimate of drug-likeness (QED) is 0.680. The second kappa shape index (κ2) is 5.73. The molecule has 1 atom stereocenters. The van der Waals surface area contributed by atoms with E-state index in [-0.39, 0.29) is 12.5 Å². The van der Waals surface area contributed by atoms with Crippen LogP contribution in [0, 0.1) is 0 Å². The van der Waals surface area contributed by atoms with Crippen molar-refractivity contribution in [1.82, 2.24) is 5.32 Å². The number of anilines is 1. The van der Waals surface area contributed by atoms with Gasteiger partial charge in [0.2, 0.25) is 0 Å². The van der Waals surface area contributed by atoms with Gasteiger partial charge in [0.1, 0.15) is 5.75 Å². The van der Waals surface area contributed by atoms with Crippen LogP contribution in [0.4, 0.5) is 5.69 Å². The number of hydrogen-bond donors (Lipinski definition) is 3. The van der Waals surface area contributed by atoms with Gasteiger partial charge in [-0.3, -0.25) is 4.79 Å². The van der Waals surface area contributed by atoms with Crippen LogP contribution in [0.25, 0.3) is 0 Å². The van der Waals surface area contributed by atoms with Gasteiger partial charge in [-0.15, -0.1) is 0 Å². The van der Waals surface area contributed by atoms with E-state index in [0.717, 1.165) is 0 Å². The van der Waals surface area contributed by atoms with Gasteiger partial charge in [-0.05, 0) is 32.9 Å². The molecule has 0 heterocycles. The van der Waals surface area contributed by atoms with Gasteiger partial charge in [0.15, 0.2) is 6.61 Å². The number of nitrogens with two attached hydrogens (primary N) is 1. The molecule has 5 heteroatoms. The Morgan fingerprint density at radius 2 is 2.22 bits per heavy atom. The summed E-state index contributed by atoms with van der Waals surface area (Å²) in [6, 6.07) is 6.86. The lowest BCUT2D eigenvalue weighted by atomic mass is 9.99. The molecule has 1 aromatic rings. The largest absolute Gasteiger partial charge is 0.484 e. The van der Waals surface area contributed by atoms with Crippen molar-refractivity contribution in [2.45, 2.75) is 32.4 Å². The van der Waals surface area contributed by atoms with E-state index in [0.29, 0.717) is 11.4 Å². The third-order valence-corrected chi connectivity index (χ3v) is 2.73. The van der Waals surface area contributed by atoms with Gasteiger partial charge in [0.25, 0.3) is 5.91 Å². The minimum absolute atomic E-state index is 0.112. The Labute approximate surface area is 107 Å². The maximum atomic E-state index is 11.6. The van der Waals surface area contributed by atoms with Crippen molar-refractivity contribution in [1.29, 1.82) is 0 Å². The number of benzene rings is 1. The number of hydrogen-bond acceptors (Lipinski definition) is 4. The molecule has 0 bridgehead atoms. The first-order valence-corrected chi connectivity index (χ1v) is 5.78. The summed E-state index contributed by atoms with van der Waals surface area (Å²) in [4.78, 5) is 11.6. The molecule has 0 aliphatic heterocycles. The number of carbonyl (C=O) groups is 1. The highest BCUT2D eigenvalue weighted by molar-refractivity contribution is 5.78. The third kappa shape index (κ3) is 4.25. The van der Waals surface area contributed by atoms with Gasteiger partial charge < -0.3 is 20.9 Å². The van der Waals surface area contributed by atoms with Crippen molar-refractivity contribution < 1.29 is 14.6 Å². The maximum Gasteiger partial charge on any atom is 0.258 e. The molecule has 0 saturated heterocycles. The minimum Gasteiger partial charge on any atom is -0.484 e. The van der Waals surface area contributed by atoms with Crippen molar-refractivity contribution in [3.05, 3.63) is 24.3 Å². The fourth-order valence-corrected chi connectivity index (χ4v) is 1.25. The van der Waals surface area contributed by atoms with Crippen molar-refractivity contribution in [2.24, 2.45) is 0 Å². The zero-order valence-electron chi connectivity index (χ0n) is 10.9. The zero-order chi connectivity index (χ0) is 13.8. The van der Waals surface area contributed by atoms with E-state index in [2.05, 4.69) is 5.32 Å². The van der Waals surface area contributed by atoms with Crippen LogP contribution in [0.3, 0.4) is 0 Å². The van der Waals surface area contributed by atoms with Crippen LogP contribution in [-0.4, -0.2) is 29.3 Å². The highest BCUT2D eigenvalue weighted by Crippen LogP contribution is 2.14. The van der Waals surface area contributed by atoms with Crippen LogP contribution in [0.2, 0.25) is 0 Å². The minimum atomic E-state index is -0.684. The molecule has 1 rings (SSSR count). The number of aliphatic hydroxyl groups excluding tert-OH is 1. The molecule has 18 heavy (non-hydrogen) atoms. The summed E-state index contributed by atoms with van der Waals surface area (Å²) in [6.07, 6.45) is -0.645. The molecule has 100 valence electrons. The number of ether oxygens (including phenoxy) is 1. The Hall–Kier alpha value is -1.75. The summed E-state index contributed by atoms with van der Waals surface area (Å²) < 4.78 is 5.30. The molecule has 4 N–H and O–H groups in total. The molecule has 0 spiro atoms. The Morgan fingerprint density at radius 3 is 2.78 bits per heavy atom. The van der Waals surface area contributed by atoms with E-state index in [1.165, 1.54) is 0 Å². The summed E-state index contributed by atoms with van der Waals surface area (Å²) in [5.41, 5.74) is 5.49. The number of nitrogens with one attached hydrogen (secondary N) is 1. The molecule has 0 aromatic heterocycles. The Kier molecular flexibility index (Phi) is 4.55. The van der Waals surface area contributed by atoms with E-state index in [1.807, 2.05) is 0 Å². The molecule has 0 radical (unpaired) electrons. The lowest BCUT2D eigenvalue weighted by molar-refractivity contribution is -0.126. The number of carbonyl (C=O) groups excluding carboxylic acids is 1. The summed E-state index contributed by atoms with van der Waals surface area (Å²) in [7, 11) is 0. The Bertz CT molecular complexity index is 416. The van der Waals surface area contributed by atoms with Crippen LogP contribution >= 0.6 is 0 Å². The van der Waals surface area contributed by atoms with E-state index in [4.69, 9.17) is 10.5 Å². The summed E-state index contributed by atoms with van der Waals surface area (Å²) >= 11 is 0. The topological polar surface area (TPSA) is 84.6 Å². The van der Waals surface area contributed by atoms with E-state index >= 15 is 0 Å². The highest BCUT2D eigenvalue weighted by atomic mass is 16.5. The SMILES string of the molecule is CC(O)C(C)(C)NC(=O)COc1cccc(N)c1. The van der Waals surface area contributed by atoms with Crippen molar-refractivity contribution in [3.63, 3.8) is 0 Å². The number of nitrogen functional groups attached to an aromatic ring is 1. The van der Waals surface area contributed by atoms with Gasteiger partial charge in [0.05, 0.1) is 11.6 Å². The van der Waals surface area contributed by atoms with Gasteiger partial charge in [-0.25, -0.2) is 0 Å². The maximum absolute atomic E-state index is 11.6. The van der Waals surface area contributed by atoms with Gasteiger partial charge >= 0.3 is 0 Å². The first-order valence-electron chi connectivity index (χ1n) is 5.78. The highest BCUT2D eigenvalue weighted by Gasteiger charge is 2.25. The molecule has 5 nitrogen and oxygen atoms in total. The van der Waals surface area contributed by atoms with Crippen LogP contribution in [0.1, 0.15) is 20.8 Å². The molecule has 0 aliphatic rings. The van der Waals surface area contributed by atoms with Crippen LogP contribution in [0.5, 0.6) is 5.75 Å². The van der Waals surface area contributed by atoms with Gasteiger partial charge in [-0.1, -0.05) is 6.07 Å². The van der Waals surface area contributed by atoms with E-state index in [9.17, 15) is 9.90 Å². The van der Waals surface area contributed by atoms with Crippen molar-refractivity contribution >= 4 is 11.6 Å². The monoisotopic (exact) mass is 252 g/mol. The number of amides is 1. The Balaban J connectivity index is 2.47. The molecule has 1 unspecified atom stereocenters. The lowest BCUT2D eigenvalue weighted by Gasteiger charge is -2.29. The molecule has 0 fully saturated rings. The molecule has 1 amide bonds. The van der Waals surface area contributed by atoms with Crippen LogP contribution in [-0.2, 0) is 4.79 Å². The number of rotatable bonds is 5. The van der Waals surface area contributed by atoms with E-state index in [1.54, 1.807) is 45.0 Å². The molecule has 0 aliphatic carbocycles. The number of aliphatic hydroxyl groups is 1. The van der Waals surface area contributed by atoms with Gasteiger partial charge in [0, 0.05) is 11.8 Å². The summed E-state index contributed by atoms with van der Waals surface area (Å²) in [5, 5.41) is 12.2. The predicted molar refractivity (Wildman–Crippen MR) is 70.3 cm³/mol. The molecular weight excluding hydrogens is 232 g/mol. The smallest absolute Gasteiger partial charge is 0.258 e. The second-order valence-electron chi connectivity index (χ2n) is 4.81. The van der Waals surface area contributed by atoms with Crippen LogP contribution in [0.15, 0.2) is 24.3 Å². The second-order valence-corrected chi connectivity index (χ2v) is 4.81. The van der Waals surface area contributed by atoms with Gasteiger partial charge in [-0.2, -0.15) is 0 Å². The van der Waals surface area contributed by atoms with Crippen molar-refractivity contribution in [3.8, 4) is 5.75 Å². The average Bonchev–Trinajstić information content (AvgIpc) is 2.25. The van der Waals surface area contributed by atoms with Crippen LogP contribution < -0.4 is 15.8 Å². The fourth-order valence-electron chi connectivity index (χ4n) is 1.25. The van der Waals surface area contributed by atoms with Crippen molar-refractivity contribution in [2.75, 3.05) is 12.3 Å². The molecule has 1 aromatic carbocycles.